The first kappa shape index (κ1) is 15.7. The van der Waals surface area contributed by atoms with Crippen LogP contribution in [0.4, 0.5) is 0 Å². The second kappa shape index (κ2) is 6.61. The lowest BCUT2D eigenvalue weighted by Crippen LogP contribution is -2.25. The fourth-order valence-corrected chi connectivity index (χ4v) is 3.76. The fraction of sp³-hybridized carbons (Fsp3) is 0.150. The Morgan fingerprint density at radius 1 is 1.20 bits per heavy atom. The quantitative estimate of drug-likeness (QED) is 0.572. The summed E-state index contributed by atoms with van der Waals surface area (Å²) in [5.41, 5.74) is 3.08. The summed E-state index contributed by atoms with van der Waals surface area (Å²) >= 11 is 1.65. The largest absolute Gasteiger partial charge is 0.467 e. The summed E-state index contributed by atoms with van der Waals surface area (Å²) in [6.45, 7) is 3.13. The summed E-state index contributed by atoms with van der Waals surface area (Å²) in [5, 5.41) is 6.09. The summed E-state index contributed by atoms with van der Waals surface area (Å²) < 4.78 is 7.37. The predicted octanol–water partition coefficient (Wildman–Crippen LogP) is 4.58. The van der Waals surface area contributed by atoms with Gasteiger partial charge in [-0.1, -0.05) is 29.8 Å². The van der Waals surface area contributed by atoms with Gasteiger partial charge in [0, 0.05) is 11.9 Å². The van der Waals surface area contributed by atoms with Gasteiger partial charge < -0.3 is 14.3 Å². The number of fused-ring (bicyclic) bond motifs is 1. The number of benzene rings is 1. The van der Waals surface area contributed by atoms with Gasteiger partial charge >= 0.3 is 0 Å². The molecule has 3 aromatic heterocycles. The average Bonchev–Trinajstić information content (AvgIpc) is 3.33. The van der Waals surface area contributed by atoms with Crippen LogP contribution in [0.5, 0.6) is 0 Å². The van der Waals surface area contributed by atoms with Crippen molar-refractivity contribution in [2.75, 3.05) is 0 Å². The van der Waals surface area contributed by atoms with E-state index in [1.807, 2.05) is 18.2 Å². The van der Waals surface area contributed by atoms with E-state index in [0.717, 1.165) is 16.0 Å². The zero-order valence-corrected chi connectivity index (χ0v) is 14.7. The van der Waals surface area contributed by atoms with Crippen molar-refractivity contribution in [3.63, 3.8) is 0 Å². The Morgan fingerprint density at radius 3 is 2.80 bits per heavy atom. The molecule has 1 N–H and O–H groups in total. The van der Waals surface area contributed by atoms with Crippen LogP contribution in [0.1, 0.15) is 27.4 Å². The zero-order valence-electron chi connectivity index (χ0n) is 13.9. The molecule has 0 atom stereocenters. The molecule has 4 aromatic rings. The molecular weight excluding hydrogens is 332 g/mol. The lowest BCUT2D eigenvalue weighted by molar-refractivity contribution is 0.0939. The van der Waals surface area contributed by atoms with E-state index in [-0.39, 0.29) is 5.91 Å². The van der Waals surface area contributed by atoms with Gasteiger partial charge in [-0.2, -0.15) is 0 Å². The van der Waals surface area contributed by atoms with E-state index in [1.54, 1.807) is 17.6 Å². The first-order valence-electron chi connectivity index (χ1n) is 8.13. The smallest absolute Gasteiger partial charge is 0.268 e. The van der Waals surface area contributed by atoms with Gasteiger partial charge in [0.1, 0.15) is 16.3 Å². The molecular formula is C20H18N2O2S. The van der Waals surface area contributed by atoms with E-state index in [2.05, 4.69) is 52.5 Å². The molecule has 3 heterocycles. The fourth-order valence-electron chi connectivity index (χ4n) is 2.87. The molecule has 1 aromatic carbocycles. The highest BCUT2D eigenvalue weighted by Crippen LogP contribution is 2.26. The van der Waals surface area contributed by atoms with E-state index in [1.165, 1.54) is 11.1 Å². The Bertz CT molecular complexity index is 994. The van der Waals surface area contributed by atoms with E-state index in [4.69, 9.17) is 4.42 Å². The van der Waals surface area contributed by atoms with Crippen molar-refractivity contribution in [3.8, 4) is 0 Å². The molecule has 0 aliphatic carbocycles. The van der Waals surface area contributed by atoms with Crippen molar-refractivity contribution in [3.05, 3.63) is 82.8 Å². The highest BCUT2D eigenvalue weighted by Gasteiger charge is 2.17. The number of hydrogen-bond donors (Lipinski definition) is 1. The Morgan fingerprint density at radius 2 is 2.04 bits per heavy atom. The number of aromatic nitrogens is 1. The van der Waals surface area contributed by atoms with Crippen molar-refractivity contribution < 1.29 is 9.21 Å². The molecule has 1 amide bonds. The van der Waals surface area contributed by atoms with Crippen molar-refractivity contribution in [1.29, 1.82) is 0 Å². The Balaban J connectivity index is 1.62. The number of hydrogen-bond acceptors (Lipinski definition) is 3. The van der Waals surface area contributed by atoms with Crippen LogP contribution in [0.15, 0.2) is 64.6 Å². The number of carbonyl (C=O) groups is 1. The van der Waals surface area contributed by atoms with Gasteiger partial charge in [-0.25, -0.2) is 0 Å². The summed E-state index contributed by atoms with van der Waals surface area (Å²) in [6.07, 6.45) is 1.61. The molecule has 0 aliphatic rings. The van der Waals surface area contributed by atoms with Crippen LogP contribution in [-0.4, -0.2) is 10.5 Å². The molecule has 0 saturated heterocycles. The van der Waals surface area contributed by atoms with Gasteiger partial charge in [0.05, 0.1) is 12.8 Å². The van der Waals surface area contributed by atoms with Crippen molar-refractivity contribution in [2.24, 2.45) is 0 Å². The number of thiophene rings is 1. The maximum Gasteiger partial charge on any atom is 0.268 e. The van der Waals surface area contributed by atoms with Crippen LogP contribution in [0, 0.1) is 6.92 Å². The summed E-state index contributed by atoms with van der Waals surface area (Å²) in [5.74, 6) is 0.652. The van der Waals surface area contributed by atoms with E-state index < -0.39 is 0 Å². The number of nitrogens with one attached hydrogen (secondary N) is 1. The SMILES string of the molecule is Cc1ccc(Cn2c(C(=O)NCc3ccco3)cc3ccsc32)cc1. The van der Waals surface area contributed by atoms with Crippen molar-refractivity contribution >= 4 is 27.5 Å². The van der Waals surface area contributed by atoms with Gasteiger partial charge in [-0.05, 0) is 42.1 Å². The molecule has 0 bridgehead atoms. The molecule has 0 fully saturated rings. The molecule has 0 spiro atoms. The lowest BCUT2D eigenvalue weighted by Gasteiger charge is -2.10. The molecule has 0 radical (unpaired) electrons. The average molecular weight is 350 g/mol. The molecule has 0 unspecified atom stereocenters. The zero-order chi connectivity index (χ0) is 17.2. The molecule has 4 rings (SSSR count). The van der Waals surface area contributed by atoms with Crippen LogP contribution in [0.3, 0.4) is 0 Å². The Labute approximate surface area is 149 Å². The van der Waals surface area contributed by atoms with Crippen LogP contribution < -0.4 is 5.32 Å². The number of nitrogens with zero attached hydrogens (tertiary/aromatic N) is 1. The monoisotopic (exact) mass is 350 g/mol. The third-order valence-corrected chi connectivity index (χ3v) is 5.15. The Kier molecular flexibility index (Phi) is 4.15. The van der Waals surface area contributed by atoms with Gasteiger partial charge in [0.15, 0.2) is 0 Å². The minimum atomic E-state index is -0.0908. The minimum absolute atomic E-state index is 0.0908. The van der Waals surface area contributed by atoms with Crippen LogP contribution in [0.2, 0.25) is 0 Å². The standard InChI is InChI=1S/C20H18N2O2S/c1-14-4-6-15(7-5-14)13-22-18(11-16-8-10-25-20(16)22)19(23)21-12-17-3-2-9-24-17/h2-11H,12-13H2,1H3,(H,21,23). The second-order valence-corrected chi connectivity index (χ2v) is 6.94. The van der Waals surface area contributed by atoms with Gasteiger partial charge in [-0.3, -0.25) is 4.79 Å². The first-order valence-corrected chi connectivity index (χ1v) is 9.01. The van der Waals surface area contributed by atoms with Crippen molar-refractivity contribution in [2.45, 2.75) is 20.0 Å². The van der Waals surface area contributed by atoms with Crippen molar-refractivity contribution in [1.82, 2.24) is 9.88 Å². The number of aryl methyl sites for hydroxylation is 1. The van der Waals surface area contributed by atoms with E-state index in [9.17, 15) is 4.79 Å². The molecule has 0 aliphatic heterocycles. The molecule has 0 saturated carbocycles. The number of carbonyl (C=O) groups excluding carboxylic acids is 1. The molecule has 126 valence electrons. The van der Waals surface area contributed by atoms with E-state index in [0.29, 0.717) is 18.8 Å². The third kappa shape index (κ3) is 3.23. The second-order valence-electron chi connectivity index (χ2n) is 6.04. The minimum Gasteiger partial charge on any atom is -0.467 e. The lowest BCUT2D eigenvalue weighted by atomic mass is 10.1. The summed E-state index contributed by atoms with van der Waals surface area (Å²) in [6, 6.07) is 16.1. The van der Waals surface area contributed by atoms with Crippen LogP contribution >= 0.6 is 11.3 Å². The third-order valence-electron chi connectivity index (χ3n) is 4.20. The maximum atomic E-state index is 12.7. The normalized spacial score (nSPS) is 11.1. The number of amides is 1. The van der Waals surface area contributed by atoms with Gasteiger partial charge in [0.25, 0.3) is 5.91 Å². The number of rotatable bonds is 5. The van der Waals surface area contributed by atoms with E-state index >= 15 is 0 Å². The van der Waals surface area contributed by atoms with Crippen LogP contribution in [0.25, 0.3) is 10.2 Å². The molecule has 5 heteroatoms. The van der Waals surface area contributed by atoms with Gasteiger partial charge in [0.2, 0.25) is 0 Å². The molecule has 4 nitrogen and oxygen atoms in total. The summed E-state index contributed by atoms with van der Waals surface area (Å²) in [7, 11) is 0. The highest BCUT2D eigenvalue weighted by molar-refractivity contribution is 7.16. The predicted molar refractivity (Wildman–Crippen MR) is 100.0 cm³/mol. The van der Waals surface area contributed by atoms with Gasteiger partial charge in [-0.15, -0.1) is 11.3 Å². The number of furan rings is 1. The summed E-state index contributed by atoms with van der Waals surface area (Å²) in [4.78, 5) is 13.8. The maximum absolute atomic E-state index is 12.7. The van der Waals surface area contributed by atoms with Crippen LogP contribution in [-0.2, 0) is 13.1 Å². The highest BCUT2D eigenvalue weighted by atomic mass is 32.1. The Hall–Kier alpha value is -2.79. The topological polar surface area (TPSA) is 47.2 Å². The first-order chi connectivity index (χ1) is 12.2. The molecule has 25 heavy (non-hydrogen) atoms.